The topological polar surface area (TPSA) is 108 Å². The summed E-state index contributed by atoms with van der Waals surface area (Å²) in [6, 6.07) is 3.89. The minimum Gasteiger partial charge on any atom is -0.447 e. The molecule has 4 aliphatic rings. The average molecular weight is 476 g/mol. The third-order valence-electron chi connectivity index (χ3n) is 6.15. The maximum atomic E-state index is 12.7. The van der Waals surface area contributed by atoms with E-state index >= 15 is 0 Å². The van der Waals surface area contributed by atoms with Crippen LogP contribution < -0.4 is 10.1 Å². The Morgan fingerprint density at radius 2 is 1.62 bits per heavy atom. The zero-order valence-electron chi connectivity index (χ0n) is 16.6. The molecule has 0 radical (unpaired) electrons. The quantitative estimate of drug-likeness (QED) is 0.692. The molecule has 4 saturated heterocycles. The maximum absolute atomic E-state index is 12.7. The Hall–Kier alpha value is -2.74. The molecule has 0 saturated carbocycles. The standard InChI is InChI=1S/C18H19F3N4O6S/c19-18(20,21)31-12-1-3-13(4-2-12)32(28,29)25-7-16(8-25)5-23(6-16)15(27)24-9-17(10-24)11-30-14(26)22-17/h1-4H,5-11H2,(H,22,26). The van der Waals surface area contributed by atoms with Crippen LogP contribution in [0.25, 0.3) is 0 Å². The van der Waals surface area contributed by atoms with Gasteiger partial charge in [-0.3, -0.25) is 0 Å². The van der Waals surface area contributed by atoms with Gasteiger partial charge in [-0.15, -0.1) is 13.2 Å². The molecule has 0 atom stereocenters. The molecule has 0 aliphatic carbocycles. The van der Waals surface area contributed by atoms with E-state index in [0.29, 0.717) is 26.2 Å². The van der Waals surface area contributed by atoms with Crippen molar-refractivity contribution in [2.45, 2.75) is 16.8 Å². The molecule has 4 heterocycles. The Kier molecular flexibility index (Phi) is 4.38. The van der Waals surface area contributed by atoms with Crippen LogP contribution in [0.2, 0.25) is 0 Å². The fourth-order valence-electron chi connectivity index (χ4n) is 4.62. The number of alkyl halides is 3. The van der Waals surface area contributed by atoms with Crippen molar-refractivity contribution in [1.82, 2.24) is 19.4 Å². The van der Waals surface area contributed by atoms with E-state index in [0.717, 1.165) is 24.3 Å². The van der Waals surface area contributed by atoms with E-state index in [2.05, 4.69) is 10.1 Å². The van der Waals surface area contributed by atoms with Gasteiger partial charge < -0.3 is 24.6 Å². The van der Waals surface area contributed by atoms with E-state index in [9.17, 15) is 31.2 Å². The van der Waals surface area contributed by atoms with Gasteiger partial charge in [0, 0.05) is 31.6 Å². The van der Waals surface area contributed by atoms with E-state index in [1.54, 1.807) is 9.80 Å². The van der Waals surface area contributed by atoms with Gasteiger partial charge in [-0.2, -0.15) is 4.31 Å². The number of cyclic esters (lactones) is 1. The van der Waals surface area contributed by atoms with Gasteiger partial charge in [0.05, 0.1) is 18.0 Å². The summed E-state index contributed by atoms with van der Waals surface area (Å²) < 4.78 is 72.1. The first-order valence-corrected chi connectivity index (χ1v) is 11.2. The molecular formula is C18H19F3N4O6S. The Labute approximate surface area is 180 Å². The van der Waals surface area contributed by atoms with Crippen molar-refractivity contribution in [3.63, 3.8) is 0 Å². The van der Waals surface area contributed by atoms with Gasteiger partial charge in [0.2, 0.25) is 10.0 Å². The second-order valence-electron chi connectivity index (χ2n) is 8.77. The molecule has 0 unspecified atom stereocenters. The van der Waals surface area contributed by atoms with Gasteiger partial charge >= 0.3 is 18.5 Å². The first-order valence-electron chi connectivity index (χ1n) is 9.74. The predicted molar refractivity (Wildman–Crippen MR) is 100 cm³/mol. The number of sulfonamides is 1. The molecule has 14 heteroatoms. The predicted octanol–water partition coefficient (Wildman–Crippen LogP) is 0.806. The number of nitrogens with one attached hydrogen (secondary N) is 1. The van der Waals surface area contributed by atoms with Crippen molar-refractivity contribution in [1.29, 1.82) is 0 Å². The lowest BCUT2D eigenvalue weighted by Gasteiger charge is -2.60. The molecular weight excluding hydrogens is 457 g/mol. The van der Waals surface area contributed by atoms with E-state index in [4.69, 9.17) is 4.74 Å². The summed E-state index contributed by atoms with van der Waals surface area (Å²) in [5.74, 6) is -0.499. The number of nitrogens with zero attached hydrogens (tertiary/aromatic N) is 3. The van der Waals surface area contributed by atoms with Crippen LogP contribution in [0.5, 0.6) is 5.75 Å². The van der Waals surface area contributed by atoms with Gasteiger partial charge in [-0.05, 0) is 24.3 Å². The number of likely N-dealkylation sites (tertiary alicyclic amines) is 2. The van der Waals surface area contributed by atoms with Crippen LogP contribution in [-0.2, 0) is 14.8 Å². The number of halogens is 3. The molecule has 0 aromatic heterocycles. The summed E-state index contributed by atoms with van der Waals surface area (Å²) in [5.41, 5.74) is -0.813. The van der Waals surface area contributed by atoms with Gasteiger partial charge in [0.1, 0.15) is 17.9 Å². The van der Waals surface area contributed by atoms with Crippen molar-refractivity contribution in [2.75, 3.05) is 45.9 Å². The average Bonchev–Trinajstić information content (AvgIpc) is 2.99. The number of carbonyl (C=O) groups excluding carboxylic acids is 2. The van der Waals surface area contributed by atoms with Crippen molar-refractivity contribution in [3.8, 4) is 5.75 Å². The molecule has 2 spiro atoms. The smallest absolute Gasteiger partial charge is 0.447 e. The van der Waals surface area contributed by atoms with Crippen LogP contribution in [0.4, 0.5) is 22.8 Å². The normalized spacial score (nSPS) is 23.8. The lowest BCUT2D eigenvalue weighted by Crippen LogP contribution is -2.77. The SMILES string of the molecule is O=C1NC2(CO1)CN(C(=O)N1CC3(C1)CN(S(=O)(=O)c1ccc(OC(F)(F)F)cc1)C3)C2. The number of hydrogen-bond acceptors (Lipinski definition) is 6. The van der Waals surface area contributed by atoms with Crippen LogP contribution in [-0.4, -0.2) is 92.4 Å². The van der Waals surface area contributed by atoms with Gasteiger partial charge in [0.15, 0.2) is 0 Å². The third-order valence-corrected chi connectivity index (χ3v) is 7.95. The van der Waals surface area contributed by atoms with Crippen molar-refractivity contribution < 1.29 is 40.7 Å². The molecule has 3 amide bonds. The zero-order valence-corrected chi connectivity index (χ0v) is 17.4. The number of urea groups is 1. The summed E-state index contributed by atoms with van der Waals surface area (Å²) in [6.45, 7) is 2.27. The van der Waals surface area contributed by atoms with Crippen molar-refractivity contribution in [3.05, 3.63) is 24.3 Å². The van der Waals surface area contributed by atoms with Crippen LogP contribution in [0, 0.1) is 5.41 Å². The maximum Gasteiger partial charge on any atom is 0.573 e. The van der Waals surface area contributed by atoms with Crippen molar-refractivity contribution in [2.24, 2.45) is 5.41 Å². The number of ether oxygens (including phenoxy) is 2. The lowest BCUT2D eigenvalue weighted by atomic mass is 9.74. The highest BCUT2D eigenvalue weighted by Gasteiger charge is 2.59. The van der Waals surface area contributed by atoms with Crippen LogP contribution in [0.3, 0.4) is 0 Å². The van der Waals surface area contributed by atoms with Gasteiger partial charge in [-0.25, -0.2) is 18.0 Å². The Morgan fingerprint density at radius 3 is 2.16 bits per heavy atom. The molecule has 32 heavy (non-hydrogen) atoms. The zero-order chi connectivity index (χ0) is 22.9. The summed E-state index contributed by atoms with van der Waals surface area (Å²) in [5, 5.41) is 2.71. The number of carbonyl (C=O) groups is 2. The summed E-state index contributed by atoms with van der Waals surface area (Å²) in [4.78, 5) is 26.9. The second kappa shape index (κ2) is 6.63. The monoisotopic (exact) mass is 476 g/mol. The van der Waals surface area contributed by atoms with Crippen LogP contribution in [0.15, 0.2) is 29.2 Å². The van der Waals surface area contributed by atoms with E-state index in [-0.39, 0.29) is 36.0 Å². The fraction of sp³-hybridized carbons (Fsp3) is 0.556. The Morgan fingerprint density at radius 1 is 1.03 bits per heavy atom. The molecule has 0 bridgehead atoms. The summed E-state index contributed by atoms with van der Waals surface area (Å²) >= 11 is 0. The first-order chi connectivity index (χ1) is 14.9. The number of hydrogen-bond donors (Lipinski definition) is 1. The Balaban J connectivity index is 1.12. The molecule has 4 aliphatic heterocycles. The van der Waals surface area contributed by atoms with Crippen LogP contribution in [0.1, 0.15) is 0 Å². The molecule has 1 aromatic rings. The minimum atomic E-state index is -4.85. The highest BCUT2D eigenvalue weighted by atomic mass is 32.2. The Bertz CT molecular complexity index is 1060. The van der Waals surface area contributed by atoms with Crippen LogP contribution >= 0.6 is 0 Å². The van der Waals surface area contributed by atoms with E-state index in [1.807, 2.05) is 0 Å². The molecule has 5 rings (SSSR count). The number of amides is 3. The highest BCUT2D eigenvalue weighted by molar-refractivity contribution is 7.89. The molecule has 1 N–H and O–H groups in total. The molecule has 10 nitrogen and oxygen atoms in total. The molecule has 1 aromatic carbocycles. The molecule has 174 valence electrons. The number of alkyl carbamates (subject to hydrolysis) is 1. The van der Waals surface area contributed by atoms with Crippen molar-refractivity contribution >= 4 is 22.1 Å². The summed E-state index contributed by atoms with van der Waals surface area (Å²) in [7, 11) is -3.85. The summed E-state index contributed by atoms with van der Waals surface area (Å²) in [6.07, 6.45) is -5.34. The minimum absolute atomic E-state index is 0.124. The lowest BCUT2D eigenvalue weighted by molar-refractivity contribution is -0.274. The highest BCUT2D eigenvalue weighted by Crippen LogP contribution is 2.43. The van der Waals surface area contributed by atoms with E-state index in [1.165, 1.54) is 4.31 Å². The number of rotatable bonds is 3. The number of benzene rings is 1. The first kappa shape index (κ1) is 21.1. The van der Waals surface area contributed by atoms with E-state index < -0.39 is 33.8 Å². The largest absolute Gasteiger partial charge is 0.573 e. The van der Waals surface area contributed by atoms with Gasteiger partial charge in [0.25, 0.3) is 0 Å². The van der Waals surface area contributed by atoms with Gasteiger partial charge in [-0.1, -0.05) is 0 Å². The fourth-order valence-corrected chi connectivity index (χ4v) is 6.28. The second-order valence-corrected chi connectivity index (χ2v) is 10.7. The molecule has 4 fully saturated rings. The third kappa shape index (κ3) is 3.50.